The third-order valence-corrected chi connectivity index (χ3v) is 19.3. The molecule has 72 heavy (non-hydrogen) atoms. The number of hydroxylamine groups is 1. The summed E-state index contributed by atoms with van der Waals surface area (Å²) in [4.78, 5) is 34.2. The minimum atomic E-state index is -3.74. The number of aliphatic hydroxyl groups excluding tert-OH is 1. The number of aromatic carboxylic acids is 1. The van der Waals surface area contributed by atoms with Gasteiger partial charge in [-0.1, -0.05) is 66.2 Å². The molecule has 0 saturated carbocycles. The maximum Gasteiger partial charge on any atom is 0.338 e. The van der Waals surface area contributed by atoms with E-state index in [1.807, 2.05) is 97.9 Å². The molecule has 14 nitrogen and oxygen atoms in total. The highest BCUT2D eigenvalue weighted by Gasteiger charge is 2.47. The molecule has 3 fully saturated rings. The van der Waals surface area contributed by atoms with Crippen LogP contribution in [0.5, 0.6) is 0 Å². The summed E-state index contributed by atoms with van der Waals surface area (Å²) in [7, 11) is -3.74. The number of likely N-dealkylation sites (tertiary alicyclic amines) is 1. The summed E-state index contributed by atoms with van der Waals surface area (Å²) in [5, 5.41) is 49.0. The number of benzene rings is 5. The third-order valence-electron chi connectivity index (χ3n) is 14.5. The van der Waals surface area contributed by atoms with Crippen molar-refractivity contribution < 1.29 is 29.7 Å². The van der Waals surface area contributed by atoms with E-state index in [0.29, 0.717) is 34.1 Å². The average Bonchev–Trinajstić information content (AvgIpc) is 3.88. The predicted molar refractivity (Wildman–Crippen MR) is 290 cm³/mol. The number of aliphatic hydroxyl groups is 1. The summed E-state index contributed by atoms with van der Waals surface area (Å²) in [5.41, 5.74) is 6.60. The Bertz CT molecular complexity index is 2930. The number of rotatable bonds is 17. The number of hydrogen-bond donors (Lipinski definition) is 4. The number of piperazine rings is 1. The molecule has 3 aliphatic heterocycles. The fraction of sp³-hybridized carbons (Fsp3) is 0.364. The van der Waals surface area contributed by atoms with Crippen molar-refractivity contribution in [3.8, 4) is 22.4 Å². The highest BCUT2D eigenvalue weighted by atomic mass is 35.5. The molecule has 17 heteroatoms. The van der Waals surface area contributed by atoms with Gasteiger partial charge in [-0.05, 0) is 124 Å². The van der Waals surface area contributed by atoms with Gasteiger partial charge in [0.1, 0.15) is 5.69 Å². The van der Waals surface area contributed by atoms with Gasteiger partial charge in [-0.2, -0.15) is 0 Å². The number of carbonyl (C=O) groups is 1. The number of nitro groups is 1. The zero-order valence-corrected chi connectivity index (χ0v) is 43.4. The summed E-state index contributed by atoms with van der Waals surface area (Å²) in [6, 6.07) is 38.3. The highest BCUT2D eigenvalue weighted by molar-refractivity contribution is 7.99. The van der Waals surface area contributed by atoms with Gasteiger partial charge in [0.05, 0.1) is 27.9 Å². The van der Waals surface area contributed by atoms with Crippen molar-refractivity contribution in [2.24, 2.45) is 0 Å². The Kier molecular flexibility index (Phi) is 15.8. The van der Waals surface area contributed by atoms with Crippen LogP contribution in [0.2, 0.25) is 5.02 Å². The van der Waals surface area contributed by atoms with Crippen LogP contribution < -0.4 is 20.4 Å². The van der Waals surface area contributed by atoms with Crippen molar-refractivity contribution >= 4 is 64.7 Å². The molecular formula is C55H63ClN7O7PS. The van der Waals surface area contributed by atoms with Crippen molar-refractivity contribution in [1.82, 2.24) is 14.3 Å². The van der Waals surface area contributed by atoms with Gasteiger partial charge < -0.3 is 40.0 Å². The Morgan fingerprint density at radius 1 is 0.833 bits per heavy atom. The summed E-state index contributed by atoms with van der Waals surface area (Å²) >= 11 is 7.97. The number of nitro benzene ring substituents is 1. The fourth-order valence-corrected chi connectivity index (χ4v) is 14.9. The van der Waals surface area contributed by atoms with Crippen LogP contribution in [0.15, 0.2) is 126 Å². The normalized spacial score (nSPS) is 19.5. The van der Waals surface area contributed by atoms with Gasteiger partial charge in [0.25, 0.3) is 5.69 Å². The van der Waals surface area contributed by atoms with Gasteiger partial charge in [0.15, 0.2) is 0 Å². The van der Waals surface area contributed by atoms with Gasteiger partial charge in [-0.3, -0.25) is 14.7 Å². The van der Waals surface area contributed by atoms with E-state index in [2.05, 4.69) is 50.6 Å². The van der Waals surface area contributed by atoms with Crippen molar-refractivity contribution in [3.05, 3.63) is 153 Å². The number of hydrogen-bond acceptors (Lipinski definition) is 11. The predicted octanol–water partition coefficient (Wildman–Crippen LogP) is 11.5. The molecule has 3 atom stereocenters. The summed E-state index contributed by atoms with van der Waals surface area (Å²) in [6.45, 7) is 11.5. The number of carboxylic acid groups (broad SMARTS) is 1. The minimum Gasteiger partial charge on any atom is -0.478 e. The average molecular weight is 1030 g/mol. The summed E-state index contributed by atoms with van der Waals surface area (Å²) in [5.74, 6) is -0.305. The number of aromatic nitrogens is 1. The van der Waals surface area contributed by atoms with E-state index in [4.69, 9.17) is 11.6 Å². The lowest BCUT2D eigenvalue weighted by Gasteiger charge is -2.37. The Morgan fingerprint density at radius 2 is 1.51 bits per heavy atom. The Labute approximate surface area is 430 Å². The second kappa shape index (κ2) is 22.2. The van der Waals surface area contributed by atoms with Crippen molar-refractivity contribution in [2.45, 2.75) is 75.2 Å². The molecule has 1 aromatic heterocycles. The second-order valence-corrected chi connectivity index (χ2v) is 23.8. The maximum atomic E-state index is 15.2. The number of nitrogens with zero attached hydrogens (tertiary/aromatic N) is 6. The molecule has 5 aromatic carbocycles. The van der Waals surface area contributed by atoms with Crippen LogP contribution in [-0.4, -0.2) is 111 Å². The molecule has 1 unspecified atom stereocenters. The first kappa shape index (κ1) is 51.3. The quantitative estimate of drug-likeness (QED) is 0.0295. The molecule has 378 valence electrons. The lowest BCUT2D eigenvalue weighted by molar-refractivity contribution is -0.383. The van der Waals surface area contributed by atoms with E-state index in [9.17, 15) is 30.3 Å². The molecule has 9 rings (SSSR count). The van der Waals surface area contributed by atoms with Gasteiger partial charge in [0, 0.05) is 114 Å². The van der Waals surface area contributed by atoms with Crippen LogP contribution in [-0.2, 0) is 4.57 Å². The van der Waals surface area contributed by atoms with Crippen LogP contribution in [0.3, 0.4) is 0 Å². The molecule has 3 saturated heterocycles. The topological polar surface area (TPSA) is 168 Å². The molecule has 0 bridgehead atoms. The van der Waals surface area contributed by atoms with Crippen molar-refractivity contribution in [2.75, 3.05) is 73.2 Å². The van der Waals surface area contributed by atoms with Crippen molar-refractivity contribution in [3.63, 3.8) is 0 Å². The van der Waals surface area contributed by atoms with E-state index in [1.54, 1.807) is 23.9 Å². The Balaban J connectivity index is 0.897. The van der Waals surface area contributed by atoms with E-state index < -0.39 is 23.8 Å². The summed E-state index contributed by atoms with van der Waals surface area (Å²) < 4.78 is 17.3. The van der Waals surface area contributed by atoms with Crippen LogP contribution >= 0.6 is 30.7 Å². The zero-order valence-electron chi connectivity index (χ0n) is 40.9. The largest absolute Gasteiger partial charge is 0.478 e. The molecule has 4 N–H and O–H groups in total. The van der Waals surface area contributed by atoms with Crippen LogP contribution in [0, 0.1) is 17.0 Å². The van der Waals surface area contributed by atoms with E-state index >= 15 is 4.57 Å². The van der Waals surface area contributed by atoms with E-state index in [-0.39, 0.29) is 41.3 Å². The first-order chi connectivity index (χ1) is 34.7. The van der Waals surface area contributed by atoms with Gasteiger partial charge in [-0.15, -0.1) is 16.6 Å². The number of carboxylic acids is 1. The number of thioether (sulfide) groups is 1. The van der Waals surface area contributed by atoms with Gasteiger partial charge in [0.2, 0.25) is 7.29 Å². The molecule has 0 radical (unpaired) electrons. The van der Waals surface area contributed by atoms with E-state index in [1.165, 1.54) is 6.07 Å². The lowest BCUT2D eigenvalue weighted by Crippen LogP contribution is -2.46. The first-order valence-corrected chi connectivity index (χ1v) is 27.9. The molecular weight excluding hydrogens is 969 g/mol. The van der Waals surface area contributed by atoms with E-state index in [0.717, 1.165) is 109 Å². The molecule has 0 spiro atoms. The number of halogens is 1. The molecule has 0 amide bonds. The maximum absolute atomic E-state index is 15.2. The smallest absolute Gasteiger partial charge is 0.338 e. The third kappa shape index (κ3) is 10.8. The van der Waals surface area contributed by atoms with Crippen LogP contribution in [0.4, 0.5) is 22.7 Å². The number of piperidine rings is 1. The molecule has 0 aliphatic carbocycles. The second-order valence-electron chi connectivity index (χ2n) is 19.4. The Morgan fingerprint density at radius 3 is 2.17 bits per heavy atom. The first-order valence-electron chi connectivity index (χ1n) is 24.8. The lowest BCUT2D eigenvalue weighted by atomic mass is 9.96. The Hall–Kier alpha value is -5.64. The van der Waals surface area contributed by atoms with Crippen LogP contribution in [0.25, 0.3) is 22.4 Å². The van der Waals surface area contributed by atoms with Crippen LogP contribution in [0.1, 0.15) is 72.8 Å². The fourth-order valence-electron chi connectivity index (χ4n) is 10.8. The zero-order chi connectivity index (χ0) is 50.7. The number of nitrogens with one attached hydrogen (secondary N) is 1. The highest BCUT2D eigenvalue weighted by Crippen LogP contribution is 2.66. The molecule has 4 heterocycles. The van der Waals surface area contributed by atoms with Gasteiger partial charge >= 0.3 is 5.97 Å². The minimum absolute atomic E-state index is 0.0105. The molecule has 3 aliphatic rings. The number of anilines is 3. The SMILES string of the molecule is Cc1c(C(=O)O)c(-c2cccc(N3CCN(c4ccc([C@H]5CCN(O)P5(=O)c5ccc(N[C@H](CCN6CCC(O)CC6)CSc6ccccc6)c([N+](=O)[O-])c5)cc4)CC3)c2)c(-c2ccc(Cl)cc2)n1C(C)C. The summed E-state index contributed by atoms with van der Waals surface area (Å²) in [6.07, 6.45) is 2.35. The van der Waals surface area contributed by atoms with Gasteiger partial charge in [-0.25, -0.2) is 4.79 Å². The standard InChI is InChI=1S/C55H63ClN7O7PS/c1-37(2)62-38(3)52(55(65)66)53(54(62)40-12-16-42(56)17-13-40)41-8-7-9-45(34-41)60-32-30-59(31-33-60)44-18-14-39(15-19-44)51-25-29-61(67)71(51,70)47-20-21-49(50(35-47)63(68)69)57-43(36-72-48-10-5-4-6-11-48)22-26-58-27-23-46(64)24-28-58/h4-21,34-35,37,43,46,51,57,64,67H,22-33,36H2,1-3H3,(H,65,66)/t43-,51-,71?/m1/s1. The van der Waals surface area contributed by atoms with Crippen molar-refractivity contribution in [1.29, 1.82) is 0 Å². The molecule has 6 aromatic rings. The monoisotopic (exact) mass is 1030 g/mol.